The fourth-order valence-corrected chi connectivity index (χ4v) is 3.97. The molecule has 20 heavy (non-hydrogen) atoms. The molecule has 0 aromatic heterocycles. The molecule has 2 fully saturated rings. The zero-order valence-electron chi connectivity index (χ0n) is 11.9. The van der Waals surface area contributed by atoms with Crippen LogP contribution in [0.1, 0.15) is 26.2 Å². The van der Waals surface area contributed by atoms with Crippen LogP contribution in [0.15, 0.2) is 29.2 Å². The van der Waals surface area contributed by atoms with Crippen molar-refractivity contribution in [1.82, 2.24) is 4.90 Å². The molecule has 2 aliphatic rings. The predicted molar refractivity (Wildman–Crippen MR) is 80.8 cm³/mol. The molecule has 1 atom stereocenters. The highest BCUT2D eigenvalue weighted by Crippen LogP contribution is 2.31. The Hall–Kier alpha value is -1.07. The van der Waals surface area contributed by atoms with Crippen molar-refractivity contribution in [2.75, 3.05) is 24.2 Å². The molecular formula is C15H22N2O2S. The third-order valence-corrected chi connectivity index (χ3v) is 6.03. The van der Waals surface area contributed by atoms with Crippen LogP contribution in [-0.4, -0.2) is 44.2 Å². The summed E-state index contributed by atoms with van der Waals surface area (Å²) in [4.78, 5) is 2.96. The minimum absolute atomic E-state index is 0.143. The van der Waals surface area contributed by atoms with E-state index in [2.05, 4.69) is 10.2 Å². The molecule has 4 nitrogen and oxygen atoms in total. The number of nitrogens with zero attached hydrogens (tertiary/aromatic N) is 1. The van der Waals surface area contributed by atoms with Crippen molar-refractivity contribution in [2.45, 2.75) is 43.2 Å². The molecule has 1 unspecified atom stereocenters. The van der Waals surface area contributed by atoms with E-state index in [4.69, 9.17) is 0 Å². The van der Waals surface area contributed by atoms with Gasteiger partial charge < -0.3 is 5.32 Å². The Labute approximate surface area is 121 Å². The number of para-hydroxylation sites is 1. The van der Waals surface area contributed by atoms with Crippen molar-refractivity contribution in [3.05, 3.63) is 24.3 Å². The zero-order valence-corrected chi connectivity index (χ0v) is 12.7. The van der Waals surface area contributed by atoms with E-state index in [0.29, 0.717) is 10.9 Å². The first-order valence-electron chi connectivity index (χ1n) is 7.42. The molecule has 1 aromatic rings. The summed E-state index contributed by atoms with van der Waals surface area (Å²) in [5.41, 5.74) is 0.761. The largest absolute Gasteiger partial charge is 0.380 e. The fraction of sp³-hybridized carbons (Fsp3) is 0.600. The van der Waals surface area contributed by atoms with E-state index in [9.17, 15) is 8.42 Å². The fourth-order valence-electron chi connectivity index (χ4n) is 2.91. The van der Waals surface area contributed by atoms with Gasteiger partial charge in [0, 0.05) is 25.2 Å². The Kier molecular flexibility index (Phi) is 3.73. The number of benzene rings is 1. The number of nitrogens with one attached hydrogen (secondary N) is 1. The summed E-state index contributed by atoms with van der Waals surface area (Å²) in [6, 6.07) is 8.42. The summed E-state index contributed by atoms with van der Waals surface area (Å²) in [6.45, 7) is 3.85. The van der Waals surface area contributed by atoms with Gasteiger partial charge in [-0.25, -0.2) is 8.42 Å². The van der Waals surface area contributed by atoms with Gasteiger partial charge in [-0.1, -0.05) is 19.1 Å². The highest BCUT2D eigenvalue weighted by atomic mass is 32.2. The minimum atomic E-state index is -3.16. The lowest BCUT2D eigenvalue weighted by atomic mass is 10.2. The highest BCUT2D eigenvalue weighted by molar-refractivity contribution is 7.91. The Morgan fingerprint density at radius 2 is 2.00 bits per heavy atom. The van der Waals surface area contributed by atoms with Gasteiger partial charge in [-0.15, -0.1) is 0 Å². The van der Waals surface area contributed by atoms with Gasteiger partial charge in [0.05, 0.1) is 16.3 Å². The molecule has 110 valence electrons. The Morgan fingerprint density at radius 3 is 2.70 bits per heavy atom. The van der Waals surface area contributed by atoms with E-state index in [-0.39, 0.29) is 5.75 Å². The van der Waals surface area contributed by atoms with Crippen molar-refractivity contribution in [3.63, 3.8) is 0 Å². The molecule has 1 aliphatic heterocycles. The molecule has 1 aromatic carbocycles. The molecule has 5 heteroatoms. The third kappa shape index (κ3) is 2.83. The molecule has 1 aliphatic carbocycles. The van der Waals surface area contributed by atoms with Gasteiger partial charge in [-0.2, -0.15) is 0 Å². The average Bonchev–Trinajstić information content (AvgIpc) is 3.20. The molecule has 0 amide bonds. The summed E-state index contributed by atoms with van der Waals surface area (Å²) in [7, 11) is -3.16. The second-order valence-electron chi connectivity index (χ2n) is 5.76. The number of hydrogen-bond acceptors (Lipinski definition) is 4. The maximum atomic E-state index is 12.1. The summed E-state index contributed by atoms with van der Waals surface area (Å²) < 4.78 is 24.3. The Bertz CT molecular complexity index is 581. The van der Waals surface area contributed by atoms with Crippen LogP contribution in [0.25, 0.3) is 0 Å². The van der Waals surface area contributed by atoms with E-state index >= 15 is 0 Å². The van der Waals surface area contributed by atoms with E-state index < -0.39 is 9.84 Å². The van der Waals surface area contributed by atoms with Crippen LogP contribution < -0.4 is 5.32 Å². The third-order valence-electron chi connectivity index (χ3n) is 4.24. The number of likely N-dealkylation sites (tertiary alicyclic amines) is 1. The van der Waals surface area contributed by atoms with Crippen LogP contribution in [0.5, 0.6) is 0 Å². The predicted octanol–water partition coefficient (Wildman–Crippen LogP) is 2.13. The number of hydrogen-bond donors (Lipinski definition) is 1. The molecular weight excluding hydrogens is 272 g/mol. The van der Waals surface area contributed by atoms with Crippen LogP contribution in [0.2, 0.25) is 0 Å². The van der Waals surface area contributed by atoms with E-state index in [1.54, 1.807) is 19.1 Å². The first-order chi connectivity index (χ1) is 9.60. The van der Waals surface area contributed by atoms with Crippen molar-refractivity contribution in [1.29, 1.82) is 0 Å². The number of anilines is 1. The Balaban J connectivity index is 1.74. The van der Waals surface area contributed by atoms with Crippen LogP contribution in [0, 0.1) is 0 Å². The van der Waals surface area contributed by atoms with Crippen LogP contribution in [0.3, 0.4) is 0 Å². The Morgan fingerprint density at radius 1 is 1.25 bits per heavy atom. The van der Waals surface area contributed by atoms with Gasteiger partial charge in [-0.3, -0.25) is 4.90 Å². The van der Waals surface area contributed by atoms with Gasteiger partial charge in [0.15, 0.2) is 9.84 Å². The van der Waals surface area contributed by atoms with Gasteiger partial charge in [0.25, 0.3) is 0 Å². The van der Waals surface area contributed by atoms with Crippen molar-refractivity contribution >= 4 is 15.5 Å². The lowest BCUT2D eigenvalue weighted by molar-refractivity contribution is 0.326. The summed E-state index contributed by atoms with van der Waals surface area (Å²) >= 11 is 0. The maximum absolute atomic E-state index is 12.1. The first kappa shape index (κ1) is 13.9. The molecule has 1 N–H and O–H groups in total. The smallest absolute Gasteiger partial charge is 0.180 e. The van der Waals surface area contributed by atoms with E-state index in [1.165, 1.54) is 12.8 Å². The van der Waals surface area contributed by atoms with Gasteiger partial charge in [0.1, 0.15) is 0 Å². The average molecular weight is 294 g/mol. The van der Waals surface area contributed by atoms with E-state index in [0.717, 1.165) is 31.2 Å². The highest BCUT2D eigenvalue weighted by Gasteiger charge is 2.34. The minimum Gasteiger partial charge on any atom is -0.380 e. The summed E-state index contributed by atoms with van der Waals surface area (Å²) in [5, 5.41) is 3.44. The topological polar surface area (TPSA) is 49.4 Å². The van der Waals surface area contributed by atoms with Gasteiger partial charge >= 0.3 is 0 Å². The second kappa shape index (κ2) is 5.37. The molecule has 0 spiro atoms. The molecule has 0 bridgehead atoms. The van der Waals surface area contributed by atoms with Gasteiger partial charge in [0.2, 0.25) is 0 Å². The van der Waals surface area contributed by atoms with Crippen LogP contribution >= 0.6 is 0 Å². The summed E-state index contributed by atoms with van der Waals surface area (Å²) in [6.07, 6.45) is 3.75. The molecule has 1 heterocycles. The molecule has 0 radical (unpaired) electrons. The zero-order chi connectivity index (χ0) is 14.2. The second-order valence-corrected chi connectivity index (χ2v) is 8.00. The lowest BCUT2D eigenvalue weighted by Gasteiger charge is -2.18. The normalized spacial score (nSPS) is 23.9. The molecule has 1 saturated carbocycles. The van der Waals surface area contributed by atoms with Crippen molar-refractivity contribution in [2.24, 2.45) is 0 Å². The van der Waals surface area contributed by atoms with Crippen molar-refractivity contribution < 1.29 is 8.42 Å². The van der Waals surface area contributed by atoms with Gasteiger partial charge in [-0.05, 0) is 31.4 Å². The SMILES string of the molecule is CCS(=O)(=O)c1ccccc1NC1CCN(C2CC2)C1. The maximum Gasteiger partial charge on any atom is 0.180 e. The lowest BCUT2D eigenvalue weighted by Crippen LogP contribution is -2.28. The van der Waals surface area contributed by atoms with Crippen LogP contribution in [0.4, 0.5) is 5.69 Å². The number of sulfone groups is 1. The summed E-state index contributed by atoms with van der Waals surface area (Å²) in [5.74, 6) is 0.143. The van der Waals surface area contributed by atoms with Crippen molar-refractivity contribution in [3.8, 4) is 0 Å². The van der Waals surface area contributed by atoms with E-state index in [1.807, 2.05) is 12.1 Å². The number of rotatable bonds is 5. The monoisotopic (exact) mass is 294 g/mol. The first-order valence-corrected chi connectivity index (χ1v) is 9.08. The molecule has 1 saturated heterocycles. The van der Waals surface area contributed by atoms with Crippen LogP contribution in [-0.2, 0) is 9.84 Å². The standard InChI is InChI=1S/C15H22N2O2S/c1-2-20(18,19)15-6-4-3-5-14(15)16-12-9-10-17(11-12)13-7-8-13/h3-6,12-13,16H,2,7-11H2,1H3. The quantitative estimate of drug-likeness (QED) is 0.904. The molecule has 3 rings (SSSR count).